The van der Waals surface area contributed by atoms with E-state index >= 15 is 0 Å². The number of fused-ring (bicyclic) bond motifs is 1. The van der Waals surface area contributed by atoms with E-state index in [0.717, 1.165) is 6.42 Å². The van der Waals surface area contributed by atoms with Gasteiger partial charge in [-0.2, -0.15) is 0 Å². The van der Waals surface area contributed by atoms with E-state index in [2.05, 4.69) is 30.4 Å². The fraction of sp³-hybridized carbons (Fsp3) is 0.357. The van der Waals surface area contributed by atoms with Crippen LogP contribution in [0, 0.1) is 5.41 Å². The number of nitrogens with two attached hydrogens (primary N) is 1. The number of carbonyl (C=O) groups is 1. The molecule has 0 saturated heterocycles. The Morgan fingerprint density at radius 2 is 2.19 bits per heavy atom. The number of benzene rings is 1. The quantitative estimate of drug-likeness (QED) is 0.826. The Bertz CT molecular complexity index is 458. The van der Waals surface area contributed by atoms with Gasteiger partial charge in [-0.05, 0) is 29.5 Å². The summed E-state index contributed by atoms with van der Waals surface area (Å²) >= 11 is 0. The summed E-state index contributed by atoms with van der Waals surface area (Å²) in [7, 11) is 0. The standard InChI is InChI=1S/C14H17NO/c1-14(2,13(15)16)9-11-7-3-5-10-6-4-8-12(10)11/h3-5,7-8H,6,9H2,1-2H3,(H2,15,16). The van der Waals surface area contributed by atoms with Crippen LogP contribution in [-0.4, -0.2) is 5.91 Å². The van der Waals surface area contributed by atoms with Crippen molar-refractivity contribution in [1.82, 2.24) is 0 Å². The van der Waals surface area contributed by atoms with Crippen LogP contribution >= 0.6 is 0 Å². The fourth-order valence-electron chi connectivity index (χ4n) is 2.08. The van der Waals surface area contributed by atoms with Crippen LogP contribution in [0.3, 0.4) is 0 Å². The van der Waals surface area contributed by atoms with Crippen molar-refractivity contribution in [3.05, 3.63) is 41.0 Å². The highest BCUT2D eigenvalue weighted by atomic mass is 16.1. The molecule has 0 radical (unpaired) electrons. The highest BCUT2D eigenvalue weighted by Crippen LogP contribution is 2.29. The Kier molecular flexibility index (Phi) is 2.58. The van der Waals surface area contributed by atoms with Crippen molar-refractivity contribution in [3.8, 4) is 0 Å². The molecule has 2 nitrogen and oxygen atoms in total. The van der Waals surface area contributed by atoms with E-state index in [9.17, 15) is 4.79 Å². The van der Waals surface area contributed by atoms with Gasteiger partial charge in [0.25, 0.3) is 0 Å². The van der Waals surface area contributed by atoms with Gasteiger partial charge in [0.1, 0.15) is 0 Å². The lowest BCUT2D eigenvalue weighted by Crippen LogP contribution is -2.33. The van der Waals surface area contributed by atoms with Crippen LogP contribution in [0.5, 0.6) is 0 Å². The van der Waals surface area contributed by atoms with Gasteiger partial charge in [0.15, 0.2) is 0 Å². The van der Waals surface area contributed by atoms with Crippen LogP contribution in [0.2, 0.25) is 0 Å². The minimum atomic E-state index is -0.481. The maximum Gasteiger partial charge on any atom is 0.223 e. The molecule has 1 aliphatic carbocycles. The van der Waals surface area contributed by atoms with Crippen molar-refractivity contribution in [2.75, 3.05) is 0 Å². The smallest absolute Gasteiger partial charge is 0.223 e. The van der Waals surface area contributed by atoms with Crippen LogP contribution in [0.25, 0.3) is 6.08 Å². The summed E-state index contributed by atoms with van der Waals surface area (Å²) in [6.07, 6.45) is 6.00. The van der Waals surface area contributed by atoms with E-state index in [1.54, 1.807) is 0 Å². The van der Waals surface area contributed by atoms with Crippen LogP contribution in [-0.2, 0) is 17.6 Å². The minimum Gasteiger partial charge on any atom is -0.369 e. The molecule has 2 rings (SSSR count). The zero-order valence-corrected chi connectivity index (χ0v) is 9.79. The van der Waals surface area contributed by atoms with E-state index in [1.807, 2.05) is 13.8 Å². The van der Waals surface area contributed by atoms with Crippen LogP contribution in [0.15, 0.2) is 24.3 Å². The number of carbonyl (C=O) groups excluding carboxylic acids is 1. The maximum absolute atomic E-state index is 11.3. The second kappa shape index (κ2) is 3.78. The van der Waals surface area contributed by atoms with Crippen molar-refractivity contribution < 1.29 is 4.79 Å². The molecule has 1 aromatic carbocycles. The zero-order valence-electron chi connectivity index (χ0n) is 9.79. The summed E-state index contributed by atoms with van der Waals surface area (Å²) in [4.78, 5) is 11.3. The molecule has 0 fully saturated rings. The molecule has 0 atom stereocenters. The SMILES string of the molecule is CC(C)(Cc1cccc2c1C=CC2)C(N)=O. The number of amides is 1. The Labute approximate surface area is 96.2 Å². The first kappa shape index (κ1) is 10.9. The third-order valence-electron chi connectivity index (χ3n) is 3.21. The molecule has 2 heteroatoms. The lowest BCUT2D eigenvalue weighted by atomic mass is 9.83. The molecule has 0 aliphatic heterocycles. The van der Waals surface area contributed by atoms with Crippen molar-refractivity contribution in [1.29, 1.82) is 0 Å². The van der Waals surface area contributed by atoms with E-state index in [1.165, 1.54) is 16.7 Å². The third-order valence-corrected chi connectivity index (χ3v) is 3.21. The van der Waals surface area contributed by atoms with E-state index in [-0.39, 0.29) is 5.91 Å². The third kappa shape index (κ3) is 1.87. The second-order valence-electron chi connectivity index (χ2n) is 5.02. The van der Waals surface area contributed by atoms with Gasteiger partial charge in [-0.1, -0.05) is 44.2 Å². The molecule has 1 amide bonds. The van der Waals surface area contributed by atoms with Crippen LogP contribution in [0.1, 0.15) is 30.5 Å². The number of rotatable bonds is 3. The number of hydrogen-bond acceptors (Lipinski definition) is 1. The summed E-state index contributed by atoms with van der Waals surface area (Å²) in [5.41, 5.74) is 8.76. The Hall–Kier alpha value is -1.57. The van der Waals surface area contributed by atoms with Gasteiger partial charge in [0.2, 0.25) is 5.91 Å². The summed E-state index contributed by atoms with van der Waals surface area (Å²) in [5.74, 6) is -0.243. The van der Waals surface area contributed by atoms with Gasteiger partial charge in [0, 0.05) is 5.41 Å². The minimum absolute atomic E-state index is 0.243. The van der Waals surface area contributed by atoms with Crippen molar-refractivity contribution in [3.63, 3.8) is 0 Å². The molecule has 0 heterocycles. The Balaban J connectivity index is 2.33. The van der Waals surface area contributed by atoms with Gasteiger partial charge in [0.05, 0.1) is 0 Å². The monoisotopic (exact) mass is 215 g/mol. The zero-order chi connectivity index (χ0) is 11.8. The number of allylic oxidation sites excluding steroid dienone is 1. The Morgan fingerprint density at radius 1 is 1.44 bits per heavy atom. The van der Waals surface area contributed by atoms with Gasteiger partial charge < -0.3 is 5.73 Å². The van der Waals surface area contributed by atoms with E-state index < -0.39 is 5.41 Å². The molecule has 16 heavy (non-hydrogen) atoms. The molecule has 1 aromatic rings. The molecule has 2 N–H and O–H groups in total. The summed E-state index contributed by atoms with van der Waals surface area (Å²) in [6.45, 7) is 3.79. The summed E-state index contributed by atoms with van der Waals surface area (Å²) in [5, 5.41) is 0. The molecule has 84 valence electrons. The first-order valence-corrected chi connectivity index (χ1v) is 5.58. The largest absolute Gasteiger partial charge is 0.369 e. The summed E-state index contributed by atoms with van der Waals surface area (Å²) in [6, 6.07) is 6.27. The first-order chi connectivity index (χ1) is 7.50. The highest BCUT2D eigenvalue weighted by Gasteiger charge is 2.26. The van der Waals surface area contributed by atoms with Crippen LogP contribution < -0.4 is 5.73 Å². The fourth-order valence-corrected chi connectivity index (χ4v) is 2.08. The van der Waals surface area contributed by atoms with Gasteiger partial charge >= 0.3 is 0 Å². The second-order valence-corrected chi connectivity index (χ2v) is 5.02. The highest BCUT2D eigenvalue weighted by molar-refractivity contribution is 5.80. The van der Waals surface area contributed by atoms with Crippen LogP contribution in [0.4, 0.5) is 0 Å². The van der Waals surface area contributed by atoms with Crippen molar-refractivity contribution >= 4 is 12.0 Å². The molecular weight excluding hydrogens is 198 g/mol. The molecule has 0 unspecified atom stereocenters. The predicted octanol–water partition coefficient (Wildman–Crippen LogP) is 2.31. The molecule has 0 aromatic heterocycles. The average molecular weight is 215 g/mol. The van der Waals surface area contributed by atoms with E-state index in [0.29, 0.717) is 6.42 Å². The molecular formula is C14H17NO. The lowest BCUT2D eigenvalue weighted by Gasteiger charge is -2.21. The lowest BCUT2D eigenvalue weighted by molar-refractivity contribution is -0.125. The first-order valence-electron chi connectivity index (χ1n) is 5.58. The molecule has 0 bridgehead atoms. The molecule has 1 aliphatic rings. The topological polar surface area (TPSA) is 43.1 Å². The Morgan fingerprint density at radius 3 is 2.88 bits per heavy atom. The van der Waals surface area contributed by atoms with Gasteiger partial charge in [-0.25, -0.2) is 0 Å². The normalized spacial score (nSPS) is 13.9. The number of hydrogen-bond donors (Lipinski definition) is 1. The van der Waals surface area contributed by atoms with Gasteiger partial charge in [-0.3, -0.25) is 4.79 Å². The van der Waals surface area contributed by atoms with E-state index in [4.69, 9.17) is 5.73 Å². The maximum atomic E-state index is 11.3. The summed E-state index contributed by atoms with van der Waals surface area (Å²) < 4.78 is 0. The number of primary amides is 1. The van der Waals surface area contributed by atoms with Crippen molar-refractivity contribution in [2.45, 2.75) is 26.7 Å². The predicted molar refractivity (Wildman–Crippen MR) is 65.9 cm³/mol. The van der Waals surface area contributed by atoms with Gasteiger partial charge in [-0.15, -0.1) is 0 Å². The molecule has 0 spiro atoms. The van der Waals surface area contributed by atoms with Crippen molar-refractivity contribution in [2.24, 2.45) is 11.1 Å². The molecule has 0 saturated carbocycles. The average Bonchev–Trinajstić information content (AvgIpc) is 2.65.